The fourth-order valence-corrected chi connectivity index (χ4v) is 12.0. The first-order valence-corrected chi connectivity index (χ1v) is 32.9. The van der Waals surface area contributed by atoms with Crippen molar-refractivity contribution < 1.29 is 95.6 Å². The molecule has 1 unspecified atom stereocenters. The van der Waals surface area contributed by atoms with Crippen molar-refractivity contribution >= 4 is 102 Å². The number of ether oxygens (including phenoxy) is 5. The molecule has 0 aliphatic carbocycles. The molecule has 0 bridgehead atoms. The molecule has 0 saturated carbocycles. The van der Waals surface area contributed by atoms with Crippen LogP contribution in [0, 0.1) is 10.7 Å². The molecule has 75 heavy (non-hydrogen) atoms. The molecule has 1 aromatic carbocycles. The van der Waals surface area contributed by atoms with E-state index in [9.17, 15) is 42.4 Å². The van der Waals surface area contributed by atoms with E-state index in [-0.39, 0.29) is 55.6 Å². The fraction of sp³-hybridized carbons (Fsp3) is 0.818. The van der Waals surface area contributed by atoms with Gasteiger partial charge in [-0.3, -0.25) is 19.2 Å². The standard InChI is InChI=1S/C55H92I3NO14S.Na/c1-3-5-7-9-11-13-15-17-19-21-23-25-27-29-31-33-47(60)69-39-43(71-48(61)34-32-30-28-26-24-22-20-18-16-14-12-10-8-6-4-2)40-70-55-52(64)51(63)53(46(72-55)41-74(66,67)68)73-49(62)35-36-59-54(65)44-37-42(56)38-45(57)50(44)58;/h37-38,43,46,51-53,55,63-64H,3-36,39-41H2,1-2H3,(H,59,65)(H,66,67,68);/q;+1/p-1/t43?,46-,51-,52-,53-,55+;/m1./s1. The molecule has 0 aromatic heterocycles. The molecule has 2 rings (SSSR count). The third-order valence-electron chi connectivity index (χ3n) is 13.3. The number of halogens is 3. The van der Waals surface area contributed by atoms with E-state index in [2.05, 4.69) is 86.9 Å². The minimum atomic E-state index is -5.04. The minimum Gasteiger partial charge on any atom is -0.748 e. The van der Waals surface area contributed by atoms with Gasteiger partial charge in [0.15, 0.2) is 18.5 Å². The zero-order valence-electron chi connectivity index (χ0n) is 45.6. The van der Waals surface area contributed by atoms with E-state index in [1.54, 1.807) is 6.07 Å². The van der Waals surface area contributed by atoms with Gasteiger partial charge in [-0.15, -0.1) is 0 Å². The maximum Gasteiger partial charge on any atom is 1.00 e. The molecular formula is C55H91I3NNaO14S. The summed E-state index contributed by atoms with van der Waals surface area (Å²) in [6.07, 6.45) is 25.1. The molecule has 1 heterocycles. The first-order chi connectivity index (χ1) is 35.6. The Morgan fingerprint density at radius 2 is 1.07 bits per heavy atom. The summed E-state index contributed by atoms with van der Waals surface area (Å²) in [6, 6.07) is 3.61. The number of benzene rings is 1. The van der Waals surface area contributed by atoms with Gasteiger partial charge in [0.05, 0.1) is 34.5 Å². The van der Waals surface area contributed by atoms with Crippen molar-refractivity contribution in [1.29, 1.82) is 0 Å². The van der Waals surface area contributed by atoms with Crippen molar-refractivity contribution in [3.63, 3.8) is 0 Å². The summed E-state index contributed by atoms with van der Waals surface area (Å²) >= 11 is 6.26. The fourth-order valence-electron chi connectivity index (χ4n) is 8.93. The van der Waals surface area contributed by atoms with Crippen LogP contribution in [-0.2, 0) is 48.2 Å². The van der Waals surface area contributed by atoms with Crippen LogP contribution in [0.3, 0.4) is 0 Å². The van der Waals surface area contributed by atoms with E-state index in [1.165, 1.54) is 135 Å². The van der Waals surface area contributed by atoms with Gasteiger partial charge < -0.3 is 43.8 Å². The maximum atomic E-state index is 13.1. The van der Waals surface area contributed by atoms with Gasteiger partial charge in [-0.05, 0) is 92.7 Å². The maximum absolute atomic E-state index is 13.1. The molecule has 1 saturated heterocycles. The second-order valence-corrected chi connectivity index (χ2v) is 24.9. The van der Waals surface area contributed by atoms with Gasteiger partial charge in [-0.25, -0.2) is 8.42 Å². The molecule has 3 N–H and O–H groups in total. The topological polar surface area (TPSA) is 224 Å². The van der Waals surface area contributed by atoms with Crippen LogP contribution < -0.4 is 34.9 Å². The third kappa shape index (κ3) is 36.2. The van der Waals surface area contributed by atoms with Gasteiger partial charge in [0.25, 0.3) is 5.91 Å². The van der Waals surface area contributed by atoms with Gasteiger partial charge >= 0.3 is 47.5 Å². The van der Waals surface area contributed by atoms with Crippen LogP contribution in [0.5, 0.6) is 0 Å². The van der Waals surface area contributed by atoms with Crippen LogP contribution in [0.25, 0.3) is 0 Å². The van der Waals surface area contributed by atoms with Crippen molar-refractivity contribution in [1.82, 2.24) is 5.32 Å². The normalized spacial score (nSPS) is 18.0. The van der Waals surface area contributed by atoms with E-state index in [0.717, 1.165) is 55.7 Å². The van der Waals surface area contributed by atoms with Crippen molar-refractivity contribution in [3.05, 3.63) is 28.4 Å². The molecule has 0 radical (unpaired) electrons. The van der Waals surface area contributed by atoms with E-state index >= 15 is 0 Å². The Hall–Kier alpha value is 0.0400. The Bertz CT molecular complexity index is 1820. The van der Waals surface area contributed by atoms with Gasteiger partial charge in [-0.2, -0.15) is 0 Å². The van der Waals surface area contributed by atoms with Crippen molar-refractivity contribution in [2.45, 2.75) is 263 Å². The van der Waals surface area contributed by atoms with Crippen LogP contribution in [0.1, 0.15) is 236 Å². The SMILES string of the molecule is CCCCCCCCCCCCCCCCCC(=O)OCC(CO[C@H]1O[C@H](CS(=O)(=O)[O-])[C@@H](OC(=O)CCNC(=O)c2cc(I)cc(I)c2I)[C@H](O)[C@H]1O)OC(=O)CCCCCCCCCCCCCCCCC.[Na+]. The number of amides is 1. The number of hydrogen-bond donors (Lipinski definition) is 3. The second-order valence-electron chi connectivity index (χ2n) is 20.0. The van der Waals surface area contributed by atoms with Crippen LogP contribution in [0.4, 0.5) is 0 Å². The number of aliphatic hydroxyl groups excluding tert-OH is 2. The van der Waals surface area contributed by atoms with E-state index in [4.69, 9.17) is 23.7 Å². The second kappa shape index (κ2) is 45.6. The Balaban J connectivity index is 0.0000281. The van der Waals surface area contributed by atoms with Crippen molar-refractivity contribution in [3.8, 4) is 0 Å². The summed E-state index contributed by atoms with van der Waals surface area (Å²) in [7, 11) is -5.04. The van der Waals surface area contributed by atoms with Crippen LogP contribution in [-0.4, -0.2) is 109 Å². The molecule has 0 spiro atoms. The third-order valence-corrected chi connectivity index (χ3v) is 17.7. The van der Waals surface area contributed by atoms with Crippen LogP contribution in [0.2, 0.25) is 0 Å². The van der Waals surface area contributed by atoms with Gasteiger partial charge in [0.1, 0.15) is 24.9 Å². The van der Waals surface area contributed by atoms with Gasteiger partial charge in [0, 0.05) is 30.1 Å². The minimum absolute atomic E-state index is 0. The molecule has 1 aliphatic rings. The Labute approximate surface area is 513 Å². The average Bonchev–Trinajstić information content (AvgIpc) is 3.35. The quantitative estimate of drug-likeness (QED) is 0.0105. The molecule has 20 heteroatoms. The van der Waals surface area contributed by atoms with Crippen molar-refractivity contribution in [2.75, 3.05) is 25.5 Å². The first-order valence-electron chi connectivity index (χ1n) is 28.1. The molecule has 1 fully saturated rings. The van der Waals surface area contributed by atoms with Crippen LogP contribution >= 0.6 is 67.8 Å². The predicted octanol–water partition coefficient (Wildman–Crippen LogP) is 9.52. The summed E-state index contributed by atoms with van der Waals surface area (Å²) in [5.74, 6) is -3.68. The average molecular weight is 1430 g/mol. The molecule has 1 amide bonds. The monoisotopic (exact) mass is 1430 g/mol. The first kappa shape index (κ1) is 73.1. The molecule has 15 nitrogen and oxygen atoms in total. The number of carbonyl (C=O) groups is 4. The molecular weight excluding hydrogens is 1330 g/mol. The summed E-state index contributed by atoms with van der Waals surface area (Å²) in [4.78, 5) is 51.8. The van der Waals surface area contributed by atoms with Gasteiger partial charge in [0.2, 0.25) is 0 Å². The van der Waals surface area contributed by atoms with E-state index in [0.29, 0.717) is 18.4 Å². The molecule has 1 aromatic rings. The number of esters is 3. The number of rotatable bonds is 45. The summed E-state index contributed by atoms with van der Waals surface area (Å²) in [5, 5.41) is 24.9. The Morgan fingerprint density at radius 3 is 1.52 bits per heavy atom. The number of aliphatic hydroxyl groups is 2. The smallest absolute Gasteiger partial charge is 0.748 e. The van der Waals surface area contributed by atoms with E-state index < -0.39 is 89.5 Å². The number of carbonyl (C=O) groups excluding carboxylic acids is 4. The summed E-state index contributed by atoms with van der Waals surface area (Å²) < 4.78 is 66.4. The van der Waals surface area contributed by atoms with Crippen molar-refractivity contribution in [2.24, 2.45) is 0 Å². The largest absolute Gasteiger partial charge is 1.00 e. The Kier molecular flexibility index (Phi) is 44.4. The van der Waals surface area contributed by atoms with Crippen LogP contribution in [0.15, 0.2) is 12.1 Å². The van der Waals surface area contributed by atoms with Gasteiger partial charge in [-0.1, -0.05) is 194 Å². The number of nitrogens with one attached hydrogen (secondary N) is 1. The van der Waals surface area contributed by atoms with E-state index in [1.807, 2.05) is 6.07 Å². The summed E-state index contributed by atoms with van der Waals surface area (Å²) in [5.41, 5.74) is 0.409. The Morgan fingerprint density at radius 1 is 0.627 bits per heavy atom. The molecule has 428 valence electrons. The zero-order chi connectivity index (χ0) is 54.4. The zero-order valence-corrected chi connectivity index (χ0v) is 54.9. The summed E-state index contributed by atoms with van der Waals surface area (Å²) in [6.45, 7) is 3.44. The predicted molar refractivity (Wildman–Crippen MR) is 313 cm³/mol. The molecule has 6 atom stereocenters. The number of hydrogen-bond acceptors (Lipinski definition) is 14. The molecule has 1 aliphatic heterocycles. The number of unbranched alkanes of at least 4 members (excludes halogenated alkanes) is 28.